The van der Waals surface area contributed by atoms with E-state index in [1.165, 1.54) is 6.26 Å². The molecule has 0 atom stereocenters. The lowest BCUT2D eigenvalue weighted by Crippen LogP contribution is -2.09. The average Bonchev–Trinajstić information content (AvgIpc) is 3.26. The molecular formula is C18H17N5O2. The Morgan fingerprint density at radius 3 is 2.72 bits per heavy atom. The summed E-state index contributed by atoms with van der Waals surface area (Å²) in [6.07, 6.45) is 5.07. The second kappa shape index (κ2) is 5.34. The van der Waals surface area contributed by atoms with E-state index in [1.807, 2.05) is 54.6 Å². The smallest absolute Gasteiger partial charge is 0.251 e. The van der Waals surface area contributed by atoms with Crippen LogP contribution < -0.4 is 5.73 Å². The Balaban J connectivity index is 1.89. The van der Waals surface area contributed by atoms with Gasteiger partial charge in [0.2, 0.25) is 0 Å². The van der Waals surface area contributed by atoms with Crippen molar-refractivity contribution >= 4 is 11.4 Å². The zero-order chi connectivity index (χ0) is 17.7. The number of nitrogens with zero attached hydrogens (tertiary/aromatic N) is 4. The first-order valence-electron chi connectivity index (χ1n) is 7.82. The fraction of sp³-hybridized carbons (Fsp3) is 0.167. The predicted molar refractivity (Wildman–Crippen MR) is 93.1 cm³/mol. The maximum atomic E-state index is 11.3. The van der Waals surface area contributed by atoms with E-state index in [9.17, 15) is 4.79 Å². The number of aromatic nitrogens is 4. The summed E-state index contributed by atoms with van der Waals surface area (Å²) in [5, 5.41) is 8.92. The van der Waals surface area contributed by atoms with Gasteiger partial charge >= 0.3 is 0 Å². The number of primary amides is 1. The van der Waals surface area contributed by atoms with Crippen LogP contribution in [0.3, 0.4) is 0 Å². The van der Waals surface area contributed by atoms with E-state index < -0.39 is 5.91 Å². The van der Waals surface area contributed by atoms with Crippen molar-refractivity contribution in [2.45, 2.75) is 13.8 Å². The Morgan fingerprint density at radius 1 is 1.28 bits per heavy atom. The fourth-order valence-corrected chi connectivity index (χ4v) is 3.11. The summed E-state index contributed by atoms with van der Waals surface area (Å²) in [6, 6.07) is 5.51. The minimum absolute atomic E-state index is 0.350. The standard InChI is InChI=1S/C18H17N5O2/c1-10-17(11(2)22(3)21-10)14-8-20-23-5-4-12(6-15(14)23)16-7-13(9-25-16)18(19)24/h4-9H,1-3H3,(H2,19,24). The molecular weight excluding hydrogens is 318 g/mol. The van der Waals surface area contributed by atoms with Gasteiger partial charge in [0.05, 0.1) is 23.0 Å². The van der Waals surface area contributed by atoms with Gasteiger partial charge in [-0.15, -0.1) is 0 Å². The highest BCUT2D eigenvalue weighted by Gasteiger charge is 2.17. The van der Waals surface area contributed by atoms with Crippen molar-refractivity contribution in [2.75, 3.05) is 0 Å². The van der Waals surface area contributed by atoms with Crippen LogP contribution in [0.2, 0.25) is 0 Å². The first-order valence-corrected chi connectivity index (χ1v) is 7.82. The highest BCUT2D eigenvalue weighted by atomic mass is 16.3. The van der Waals surface area contributed by atoms with Crippen LogP contribution in [0.15, 0.2) is 41.3 Å². The van der Waals surface area contributed by atoms with Crippen molar-refractivity contribution < 1.29 is 9.21 Å². The van der Waals surface area contributed by atoms with Gasteiger partial charge < -0.3 is 10.2 Å². The summed E-state index contributed by atoms with van der Waals surface area (Å²) >= 11 is 0. The molecule has 0 aromatic carbocycles. The molecule has 0 spiro atoms. The zero-order valence-corrected chi connectivity index (χ0v) is 14.1. The van der Waals surface area contributed by atoms with Gasteiger partial charge in [0.1, 0.15) is 12.0 Å². The Bertz CT molecular complexity index is 1120. The average molecular weight is 335 g/mol. The van der Waals surface area contributed by atoms with Gasteiger partial charge in [-0.3, -0.25) is 9.48 Å². The highest BCUT2D eigenvalue weighted by Crippen LogP contribution is 2.32. The lowest BCUT2D eigenvalue weighted by molar-refractivity contribution is 0.0999. The van der Waals surface area contributed by atoms with Gasteiger partial charge in [-0.25, -0.2) is 4.52 Å². The first-order chi connectivity index (χ1) is 12.0. The van der Waals surface area contributed by atoms with Gasteiger partial charge in [-0.05, 0) is 32.0 Å². The summed E-state index contributed by atoms with van der Waals surface area (Å²) in [7, 11) is 1.93. The number of carbonyl (C=O) groups is 1. The van der Waals surface area contributed by atoms with Gasteiger partial charge in [0, 0.05) is 35.6 Å². The first kappa shape index (κ1) is 15.2. The molecule has 1 amide bonds. The third-order valence-corrected chi connectivity index (χ3v) is 4.47. The van der Waals surface area contributed by atoms with Crippen LogP contribution in [0.1, 0.15) is 21.7 Å². The maximum Gasteiger partial charge on any atom is 0.251 e. The summed E-state index contributed by atoms with van der Waals surface area (Å²) < 4.78 is 9.16. The van der Waals surface area contributed by atoms with Gasteiger partial charge in [0.15, 0.2) is 0 Å². The normalized spacial score (nSPS) is 11.3. The number of hydrogen-bond donors (Lipinski definition) is 1. The molecule has 4 aromatic rings. The molecule has 2 N–H and O–H groups in total. The number of furan rings is 1. The lowest BCUT2D eigenvalue weighted by atomic mass is 10.0. The van der Waals surface area contributed by atoms with Crippen molar-refractivity contribution in [1.82, 2.24) is 19.4 Å². The van der Waals surface area contributed by atoms with Crippen molar-refractivity contribution in [3.8, 4) is 22.5 Å². The Labute approximate surface area is 143 Å². The zero-order valence-electron chi connectivity index (χ0n) is 14.1. The van der Waals surface area contributed by atoms with Crippen molar-refractivity contribution in [1.29, 1.82) is 0 Å². The van der Waals surface area contributed by atoms with E-state index in [4.69, 9.17) is 10.2 Å². The summed E-state index contributed by atoms with van der Waals surface area (Å²) in [4.78, 5) is 11.3. The SMILES string of the molecule is Cc1nn(C)c(C)c1-c1cnn2ccc(-c3cc(C(N)=O)co3)cc12. The predicted octanol–water partition coefficient (Wildman–Crippen LogP) is 2.71. The molecule has 0 aliphatic heterocycles. The molecule has 0 saturated heterocycles. The molecule has 7 nitrogen and oxygen atoms in total. The fourth-order valence-electron chi connectivity index (χ4n) is 3.11. The molecule has 0 fully saturated rings. The maximum absolute atomic E-state index is 11.3. The third kappa shape index (κ3) is 2.32. The van der Waals surface area contributed by atoms with Crippen LogP contribution in [-0.4, -0.2) is 25.3 Å². The van der Waals surface area contributed by atoms with Crippen LogP contribution in [0, 0.1) is 13.8 Å². The lowest BCUT2D eigenvalue weighted by Gasteiger charge is -2.03. The van der Waals surface area contributed by atoms with E-state index in [-0.39, 0.29) is 0 Å². The van der Waals surface area contributed by atoms with E-state index in [0.29, 0.717) is 11.3 Å². The molecule has 7 heteroatoms. The molecule has 0 saturated carbocycles. The Hall–Kier alpha value is -3.35. The number of aryl methyl sites for hydroxylation is 2. The molecule has 0 aliphatic carbocycles. The van der Waals surface area contributed by atoms with Crippen molar-refractivity contribution in [3.63, 3.8) is 0 Å². The summed E-state index contributed by atoms with van der Waals surface area (Å²) in [5.74, 6) is 0.0748. The van der Waals surface area contributed by atoms with Crippen LogP contribution in [0.5, 0.6) is 0 Å². The number of nitrogens with two attached hydrogens (primary N) is 1. The highest BCUT2D eigenvalue weighted by molar-refractivity contribution is 5.93. The number of pyridine rings is 1. The van der Waals surface area contributed by atoms with E-state index in [0.717, 1.165) is 33.6 Å². The molecule has 4 aromatic heterocycles. The third-order valence-electron chi connectivity index (χ3n) is 4.47. The number of carbonyl (C=O) groups excluding carboxylic acids is 1. The molecule has 0 radical (unpaired) electrons. The minimum Gasteiger partial charge on any atom is -0.464 e. The van der Waals surface area contributed by atoms with E-state index >= 15 is 0 Å². The monoisotopic (exact) mass is 335 g/mol. The Kier molecular flexibility index (Phi) is 3.24. The van der Waals surface area contributed by atoms with Crippen molar-refractivity contribution in [2.24, 2.45) is 12.8 Å². The second-order valence-corrected chi connectivity index (χ2v) is 6.04. The van der Waals surface area contributed by atoms with E-state index in [2.05, 4.69) is 10.2 Å². The molecule has 0 bridgehead atoms. The number of amides is 1. The molecule has 126 valence electrons. The molecule has 25 heavy (non-hydrogen) atoms. The molecule has 0 unspecified atom stereocenters. The second-order valence-electron chi connectivity index (χ2n) is 6.04. The van der Waals surface area contributed by atoms with Crippen LogP contribution in [0.25, 0.3) is 28.0 Å². The van der Waals surface area contributed by atoms with E-state index in [1.54, 1.807) is 6.07 Å². The Morgan fingerprint density at radius 2 is 2.08 bits per heavy atom. The summed E-state index contributed by atoms with van der Waals surface area (Å²) in [5.41, 5.74) is 11.5. The number of hydrogen-bond acceptors (Lipinski definition) is 4. The quantitative estimate of drug-likeness (QED) is 0.623. The molecule has 4 rings (SSSR count). The molecule has 0 aliphatic rings. The molecule has 4 heterocycles. The van der Waals surface area contributed by atoms with Gasteiger partial charge in [-0.2, -0.15) is 10.2 Å². The van der Waals surface area contributed by atoms with Crippen LogP contribution in [-0.2, 0) is 7.05 Å². The van der Waals surface area contributed by atoms with Crippen molar-refractivity contribution in [3.05, 3.63) is 53.8 Å². The van der Waals surface area contributed by atoms with Gasteiger partial charge in [0.25, 0.3) is 5.91 Å². The summed E-state index contributed by atoms with van der Waals surface area (Å²) in [6.45, 7) is 4.02. The van der Waals surface area contributed by atoms with Crippen LogP contribution in [0.4, 0.5) is 0 Å². The number of fused-ring (bicyclic) bond motifs is 1. The van der Waals surface area contributed by atoms with Crippen LogP contribution >= 0.6 is 0 Å². The number of rotatable bonds is 3. The largest absolute Gasteiger partial charge is 0.464 e. The van der Waals surface area contributed by atoms with Gasteiger partial charge in [-0.1, -0.05) is 0 Å². The minimum atomic E-state index is -0.511. The topological polar surface area (TPSA) is 91.4 Å².